The Morgan fingerprint density at radius 3 is 2.75 bits per heavy atom. The lowest BCUT2D eigenvalue weighted by molar-refractivity contribution is -0.162. The lowest BCUT2D eigenvalue weighted by Gasteiger charge is -2.31. The summed E-state index contributed by atoms with van der Waals surface area (Å²) in [6.45, 7) is 6.84. The van der Waals surface area contributed by atoms with Gasteiger partial charge in [-0.1, -0.05) is 13.5 Å². The van der Waals surface area contributed by atoms with Gasteiger partial charge in [0.15, 0.2) is 5.78 Å². The summed E-state index contributed by atoms with van der Waals surface area (Å²) in [5.74, 6) is -2.86. The summed E-state index contributed by atoms with van der Waals surface area (Å²) in [5, 5.41) is 0. The van der Waals surface area contributed by atoms with Crippen molar-refractivity contribution in [2.24, 2.45) is 11.8 Å². The fraction of sp³-hybridized carbons (Fsp3) is 0.545. The standard InChI is InChI=1S/C11H15NO4/c1-4-12-6-8(13)7(3)9(10(12)14)11(15)16-5-2/h4,7,9H,1,5-6H2,2-3H3. The van der Waals surface area contributed by atoms with Crippen LogP contribution in [0.25, 0.3) is 0 Å². The van der Waals surface area contributed by atoms with E-state index >= 15 is 0 Å². The molecule has 0 spiro atoms. The summed E-state index contributed by atoms with van der Waals surface area (Å²) in [6.07, 6.45) is 1.26. The Hall–Kier alpha value is -1.65. The van der Waals surface area contributed by atoms with Crippen molar-refractivity contribution in [2.75, 3.05) is 13.2 Å². The predicted octanol–water partition coefficient (Wildman–Crippen LogP) is 0.357. The maximum absolute atomic E-state index is 11.8. The molecule has 1 aliphatic heterocycles. The summed E-state index contributed by atoms with van der Waals surface area (Å²) in [7, 11) is 0. The number of carbonyl (C=O) groups excluding carboxylic acids is 3. The Morgan fingerprint density at radius 1 is 1.62 bits per heavy atom. The van der Waals surface area contributed by atoms with Gasteiger partial charge in [0.25, 0.3) is 0 Å². The smallest absolute Gasteiger partial charge is 0.319 e. The average molecular weight is 225 g/mol. The van der Waals surface area contributed by atoms with Crippen LogP contribution in [0.15, 0.2) is 12.8 Å². The number of ketones is 1. The quantitative estimate of drug-likeness (QED) is 0.514. The minimum atomic E-state index is -1.03. The Morgan fingerprint density at radius 2 is 2.25 bits per heavy atom. The number of Topliss-reactive ketones (excluding diaryl/α,β-unsaturated/α-hetero) is 1. The van der Waals surface area contributed by atoms with Gasteiger partial charge in [-0.15, -0.1) is 0 Å². The average Bonchev–Trinajstić information content (AvgIpc) is 2.24. The first-order chi connectivity index (χ1) is 7.52. The predicted molar refractivity (Wildman–Crippen MR) is 56.2 cm³/mol. The lowest BCUT2D eigenvalue weighted by Crippen LogP contribution is -2.51. The van der Waals surface area contributed by atoms with Crippen LogP contribution in [0.3, 0.4) is 0 Å². The van der Waals surface area contributed by atoms with Crippen LogP contribution < -0.4 is 0 Å². The Kier molecular flexibility index (Phi) is 3.82. The highest BCUT2D eigenvalue weighted by Gasteiger charge is 2.43. The maximum atomic E-state index is 11.8. The molecule has 0 aromatic rings. The summed E-state index contributed by atoms with van der Waals surface area (Å²) < 4.78 is 4.79. The molecule has 1 fully saturated rings. The van der Waals surface area contributed by atoms with E-state index in [2.05, 4.69) is 6.58 Å². The van der Waals surface area contributed by atoms with Crippen molar-refractivity contribution in [3.63, 3.8) is 0 Å². The zero-order valence-electron chi connectivity index (χ0n) is 9.43. The molecular formula is C11H15NO4. The van der Waals surface area contributed by atoms with E-state index in [9.17, 15) is 14.4 Å². The highest BCUT2D eigenvalue weighted by Crippen LogP contribution is 2.23. The number of carbonyl (C=O) groups is 3. The Balaban J connectivity index is 2.93. The first kappa shape index (κ1) is 12.4. The van der Waals surface area contributed by atoms with Gasteiger partial charge in [-0.05, 0) is 6.92 Å². The lowest BCUT2D eigenvalue weighted by atomic mass is 9.85. The fourth-order valence-corrected chi connectivity index (χ4v) is 1.66. The van der Waals surface area contributed by atoms with Gasteiger partial charge < -0.3 is 9.64 Å². The summed E-state index contributed by atoms with van der Waals surface area (Å²) >= 11 is 0. The zero-order valence-corrected chi connectivity index (χ0v) is 9.43. The van der Waals surface area contributed by atoms with Crippen molar-refractivity contribution in [2.45, 2.75) is 13.8 Å². The number of esters is 1. The molecule has 88 valence electrons. The van der Waals surface area contributed by atoms with E-state index in [4.69, 9.17) is 4.74 Å². The first-order valence-corrected chi connectivity index (χ1v) is 5.15. The minimum Gasteiger partial charge on any atom is -0.465 e. The number of ether oxygens (including phenoxy) is 1. The second-order valence-electron chi connectivity index (χ2n) is 3.63. The largest absolute Gasteiger partial charge is 0.465 e. The van der Waals surface area contributed by atoms with Crippen molar-refractivity contribution >= 4 is 17.7 Å². The molecule has 5 heteroatoms. The molecule has 1 aliphatic rings. The van der Waals surface area contributed by atoms with Gasteiger partial charge in [-0.25, -0.2) is 0 Å². The molecule has 2 unspecified atom stereocenters. The molecule has 16 heavy (non-hydrogen) atoms. The van der Waals surface area contributed by atoms with Crippen LogP contribution >= 0.6 is 0 Å². The molecule has 1 amide bonds. The van der Waals surface area contributed by atoms with Gasteiger partial charge in [0, 0.05) is 12.1 Å². The SMILES string of the molecule is C=CN1CC(=O)C(C)C(C(=O)OCC)C1=O. The van der Waals surface area contributed by atoms with Gasteiger partial charge in [0.05, 0.1) is 13.2 Å². The second kappa shape index (κ2) is 4.92. The summed E-state index contributed by atoms with van der Waals surface area (Å²) in [5.41, 5.74) is 0. The van der Waals surface area contributed by atoms with Crippen molar-refractivity contribution in [1.82, 2.24) is 4.90 Å². The molecule has 0 aromatic carbocycles. The Bertz CT molecular complexity index is 337. The van der Waals surface area contributed by atoms with E-state index in [-0.39, 0.29) is 18.9 Å². The maximum Gasteiger partial charge on any atom is 0.319 e. The molecule has 0 aliphatic carbocycles. The van der Waals surface area contributed by atoms with E-state index in [1.165, 1.54) is 6.20 Å². The minimum absolute atomic E-state index is 0.0145. The molecular weight excluding hydrogens is 210 g/mol. The van der Waals surface area contributed by atoms with E-state index in [1.807, 2.05) is 0 Å². The molecule has 5 nitrogen and oxygen atoms in total. The van der Waals surface area contributed by atoms with Crippen molar-refractivity contribution in [1.29, 1.82) is 0 Å². The van der Waals surface area contributed by atoms with Gasteiger partial charge >= 0.3 is 5.97 Å². The number of rotatable bonds is 3. The van der Waals surface area contributed by atoms with Crippen LogP contribution in [0.4, 0.5) is 0 Å². The van der Waals surface area contributed by atoms with E-state index in [0.29, 0.717) is 0 Å². The number of nitrogens with zero attached hydrogens (tertiary/aromatic N) is 1. The van der Waals surface area contributed by atoms with E-state index in [0.717, 1.165) is 4.90 Å². The second-order valence-corrected chi connectivity index (χ2v) is 3.63. The van der Waals surface area contributed by atoms with Crippen LogP contribution in [0.2, 0.25) is 0 Å². The van der Waals surface area contributed by atoms with Crippen molar-refractivity contribution in [3.8, 4) is 0 Å². The molecule has 0 radical (unpaired) electrons. The molecule has 1 rings (SSSR count). The van der Waals surface area contributed by atoms with Gasteiger partial charge in [0.1, 0.15) is 5.92 Å². The number of amides is 1. The van der Waals surface area contributed by atoms with Crippen LogP contribution in [0.1, 0.15) is 13.8 Å². The molecule has 0 saturated carbocycles. The van der Waals surface area contributed by atoms with Gasteiger partial charge in [-0.3, -0.25) is 14.4 Å². The third kappa shape index (κ3) is 2.13. The molecule has 2 atom stereocenters. The highest BCUT2D eigenvalue weighted by molar-refractivity contribution is 6.07. The van der Waals surface area contributed by atoms with Crippen molar-refractivity contribution in [3.05, 3.63) is 12.8 Å². The third-order valence-corrected chi connectivity index (χ3v) is 2.64. The number of piperidine rings is 1. The van der Waals surface area contributed by atoms with Crippen LogP contribution in [-0.4, -0.2) is 35.7 Å². The molecule has 0 bridgehead atoms. The summed E-state index contributed by atoms with van der Waals surface area (Å²) in [6, 6.07) is 0. The third-order valence-electron chi connectivity index (χ3n) is 2.64. The highest BCUT2D eigenvalue weighted by atomic mass is 16.5. The number of hydrogen-bond donors (Lipinski definition) is 0. The van der Waals surface area contributed by atoms with Crippen LogP contribution in [0, 0.1) is 11.8 Å². The monoisotopic (exact) mass is 225 g/mol. The van der Waals surface area contributed by atoms with E-state index < -0.39 is 23.7 Å². The molecule has 0 N–H and O–H groups in total. The normalized spacial score (nSPS) is 25.5. The van der Waals surface area contributed by atoms with Crippen LogP contribution in [-0.2, 0) is 19.1 Å². The molecule has 1 heterocycles. The Labute approximate surface area is 94.1 Å². The molecule has 1 saturated heterocycles. The fourth-order valence-electron chi connectivity index (χ4n) is 1.66. The topological polar surface area (TPSA) is 63.7 Å². The van der Waals surface area contributed by atoms with Crippen LogP contribution in [0.5, 0.6) is 0 Å². The van der Waals surface area contributed by atoms with Gasteiger partial charge in [0.2, 0.25) is 5.91 Å². The first-order valence-electron chi connectivity index (χ1n) is 5.15. The number of hydrogen-bond acceptors (Lipinski definition) is 4. The zero-order chi connectivity index (χ0) is 12.3. The van der Waals surface area contributed by atoms with Crippen molar-refractivity contribution < 1.29 is 19.1 Å². The summed E-state index contributed by atoms with van der Waals surface area (Å²) in [4.78, 5) is 36.1. The molecule has 0 aromatic heterocycles. The van der Waals surface area contributed by atoms with Gasteiger partial charge in [-0.2, -0.15) is 0 Å². The van der Waals surface area contributed by atoms with E-state index in [1.54, 1.807) is 13.8 Å². The number of likely N-dealkylation sites (tertiary alicyclic amines) is 1.